The van der Waals surface area contributed by atoms with Crippen LogP contribution in [0.4, 0.5) is 0 Å². The number of thiophene rings is 1. The van der Waals surface area contributed by atoms with E-state index >= 15 is 0 Å². The van der Waals surface area contributed by atoms with Crippen molar-refractivity contribution in [3.8, 4) is 0 Å². The molecule has 0 saturated carbocycles. The van der Waals surface area contributed by atoms with Crippen molar-refractivity contribution in [2.45, 2.75) is 6.10 Å². The number of benzene rings is 1. The third-order valence-electron chi connectivity index (χ3n) is 3.48. The SMILES string of the molecule is Cl.O=C(NCC1CNCC1O)c1cc2ccccc2s1. The fourth-order valence-corrected chi connectivity index (χ4v) is 3.31. The number of nitrogens with one attached hydrogen (secondary N) is 2. The average molecular weight is 313 g/mol. The lowest BCUT2D eigenvalue weighted by Crippen LogP contribution is -2.33. The Labute approximate surface area is 127 Å². The molecule has 1 amide bonds. The standard InChI is InChI=1S/C14H16N2O2S.ClH/c17-11-8-15-6-10(11)7-16-14(18)13-5-9-3-1-2-4-12(9)19-13;/h1-5,10-11,15,17H,6-8H2,(H,16,18);1H. The monoisotopic (exact) mass is 312 g/mol. The molecule has 2 aromatic rings. The van der Waals surface area contributed by atoms with Crippen LogP contribution in [0.2, 0.25) is 0 Å². The molecule has 0 radical (unpaired) electrons. The average Bonchev–Trinajstić information content (AvgIpc) is 3.01. The molecule has 4 nitrogen and oxygen atoms in total. The molecule has 2 unspecified atom stereocenters. The summed E-state index contributed by atoms with van der Waals surface area (Å²) in [7, 11) is 0. The molecule has 3 rings (SSSR count). The summed E-state index contributed by atoms with van der Waals surface area (Å²) in [6.45, 7) is 1.89. The molecule has 0 spiro atoms. The molecule has 3 N–H and O–H groups in total. The number of aliphatic hydroxyl groups excluding tert-OH is 1. The van der Waals surface area contributed by atoms with E-state index in [1.165, 1.54) is 11.3 Å². The lowest BCUT2D eigenvalue weighted by Gasteiger charge is -2.13. The van der Waals surface area contributed by atoms with Gasteiger partial charge in [-0.25, -0.2) is 0 Å². The van der Waals surface area contributed by atoms with Gasteiger partial charge in [0.15, 0.2) is 0 Å². The van der Waals surface area contributed by atoms with E-state index in [4.69, 9.17) is 0 Å². The molecule has 1 aliphatic rings. The zero-order valence-electron chi connectivity index (χ0n) is 10.8. The van der Waals surface area contributed by atoms with E-state index in [0.717, 1.165) is 21.5 Å². The zero-order valence-corrected chi connectivity index (χ0v) is 12.5. The Morgan fingerprint density at radius 2 is 2.20 bits per heavy atom. The summed E-state index contributed by atoms with van der Waals surface area (Å²) in [5, 5.41) is 16.8. The van der Waals surface area contributed by atoms with Crippen LogP contribution >= 0.6 is 23.7 Å². The first kappa shape index (κ1) is 15.3. The molecular weight excluding hydrogens is 296 g/mol. The highest BCUT2D eigenvalue weighted by atomic mass is 35.5. The zero-order chi connectivity index (χ0) is 13.2. The Kier molecular flexibility index (Phi) is 4.99. The molecular formula is C14H17ClN2O2S. The van der Waals surface area contributed by atoms with E-state index in [-0.39, 0.29) is 30.3 Å². The number of aliphatic hydroxyl groups is 1. The van der Waals surface area contributed by atoms with Crippen molar-refractivity contribution in [2.75, 3.05) is 19.6 Å². The molecule has 0 aliphatic carbocycles. The van der Waals surface area contributed by atoms with Crippen molar-refractivity contribution in [3.63, 3.8) is 0 Å². The van der Waals surface area contributed by atoms with Crippen LogP contribution in [-0.2, 0) is 0 Å². The van der Waals surface area contributed by atoms with E-state index in [0.29, 0.717) is 13.1 Å². The highest BCUT2D eigenvalue weighted by Gasteiger charge is 2.25. The minimum Gasteiger partial charge on any atom is -0.391 e. The number of carbonyl (C=O) groups excluding carboxylic acids is 1. The maximum atomic E-state index is 12.1. The number of fused-ring (bicyclic) bond motifs is 1. The molecule has 6 heteroatoms. The van der Waals surface area contributed by atoms with Gasteiger partial charge in [-0.05, 0) is 17.5 Å². The van der Waals surface area contributed by atoms with Crippen LogP contribution in [0.5, 0.6) is 0 Å². The molecule has 1 aromatic heterocycles. The minimum absolute atomic E-state index is 0. The van der Waals surface area contributed by atoms with Gasteiger partial charge in [-0.1, -0.05) is 18.2 Å². The number of hydrogen-bond donors (Lipinski definition) is 3. The van der Waals surface area contributed by atoms with Gasteiger partial charge in [-0.2, -0.15) is 0 Å². The smallest absolute Gasteiger partial charge is 0.261 e. The summed E-state index contributed by atoms with van der Waals surface area (Å²) in [6, 6.07) is 9.88. The number of carbonyl (C=O) groups is 1. The van der Waals surface area contributed by atoms with Crippen LogP contribution < -0.4 is 10.6 Å². The predicted octanol–water partition coefficient (Wildman–Crippen LogP) is 1.63. The van der Waals surface area contributed by atoms with Crippen molar-refractivity contribution < 1.29 is 9.90 Å². The second kappa shape index (κ2) is 6.54. The quantitative estimate of drug-likeness (QED) is 0.807. The second-order valence-corrected chi connectivity index (χ2v) is 5.93. The molecule has 1 saturated heterocycles. The summed E-state index contributed by atoms with van der Waals surface area (Å²) in [4.78, 5) is 12.8. The highest BCUT2D eigenvalue weighted by Crippen LogP contribution is 2.25. The number of β-amino-alcohol motifs (C(OH)–C–C–N with tert-alkyl or cyclic N) is 1. The number of hydrogen-bond acceptors (Lipinski definition) is 4. The third kappa shape index (κ3) is 3.12. The van der Waals surface area contributed by atoms with Crippen LogP contribution in [-0.4, -0.2) is 36.8 Å². The Morgan fingerprint density at radius 1 is 1.40 bits per heavy atom. The second-order valence-electron chi connectivity index (χ2n) is 4.84. The molecule has 0 bridgehead atoms. The normalized spacial score (nSPS) is 21.6. The van der Waals surface area contributed by atoms with Crippen LogP contribution in [0.3, 0.4) is 0 Å². The minimum atomic E-state index is -0.359. The van der Waals surface area contributed by atoms with Crippen molar-refractivity contribution in [1.82, 2.24) is 10.6 Å². The third-order valence-corrected chi connectivity index (χ3v) is 4.59. The van der Waals surface area contributed by atoms with Gasteiger partial charge < -0.3 is 15.7 Å². The lowest BCUT2D eigenvalue weighted by molar-refractivity contribution is 0.0931. The van der Waals surface area contributed by atoms with Crippen molar-refractivity contribution in [2.24, 2.45) is 5.92 Å². The van der Waals surface area contributed by atoms with Gasteiger partial charge in [0.1, 0.15) is 0 Å². The van der Waals surface area contributed by atoms with Crippen LogP contribution in [0.25, 0.3) is 10.1 Å². The number of halogens is 1. The number of rotatable bonds is 3. The summed E-state index contributed by atoms with van der Waals surface area (Å²) in [6.07, 6.45) is -0.359. The predicted molar refractivity (Wildman–Crippen MR) is 83.8 cm³/mol. The van der Waals surface area contributed by atoms with E-state index in [1.54, 1.807) is 0 Å². The molecule has 2 heterocycles. The Bertz CT molecular complexity index is 569. The van der Waals surface area contributed by atoms with Crippen LogP contribution in [0.15, 0.2) is 30.3 Å². The van der Waals surface area contributed by atoms with Gasteiger partial charge in [-0.3, -0.25) is 4.79 Å². The van der Waals surface area contributed by atoms with Gasteiger partial charge >= 0.3 is 0 Å². The molecule has 1 fully saturated rings. The first-order valence-corrected chi connectivity index (χ1v) is 7.21. The maximum absolute atomic E-state index is 12.1. The number of amides is 1. The van der Waals surface area contributed by atoms with E-state index in [1.807, 2.05) is 30.3 Å². The van der Waals surface area contributed by atoms with Crippen molar-refractivity contribution in [3.05, 3.63) is 35.2 Å². The van der Waals surface area contributed by atoms with E-state index < -0.39 is 0 Å². The van der Waals surface area contributed by atoms with Gasteiger partial charge in [0.25, 0.3) is 5.91 Å². The fraction of sp³-hybridized carbons (Fsp3) is 0.357. The Hall–Kier alpha value is -1.14. The summed E-state index contributed by atoms with van der Waals surface area (Å²) >= 11 is 1.50. The summed E-state index contributed by atoms with van der Waals surface area (Å²) < 4.78 is 1.12. The van der Waals surface area contributed by atoms with Gasteiger partial charge in [-0.15, -0.1) is 23.7 Å². The first-order chi connectivity index (χ1) is 9.24. The van der Waals surface area contributed by atoms with Gasteiger partial charge in [0.2, 0.25) is 0 Å². The molecule has 1 aromatic carbocycles. The summed E-state index contributed by atoms with van der Waals surface area (Å²) in [5.41, 5.74) is 0. The fourth-order valence-electron chi connectivity index (χ4n) is 2.33. The highest BCUT2D eigenvalue weighted by molar-refractivity contribution is 7.20. The maximum Gasteiger partial charge on any atom is 0.261 e. The molecule has 1 aliphatic heterocycles. The van der Waals surface area contributed by atoms with Crippen molar-refractivity contribution in [1.29, 1.82) is 0 Å². The molecule has 2 atom stereocenters. The lowest BCUT2D eigenvalue weighted by atomic mass is 10.1. The van der Waals surface area contributed by atoms with Crippen LogP contribution in [0.1, 0.15) is 9.67 Å². The van der Waals surface area contributed by atoms with Gasteiger partial charge in [0.05, 0.1) is 11.0 Å². The van der Waals surface area contributed by atoms with Crippen molar-refractivity contribution >= 4 is 39.7 Å². The first-order valence-electron chi connectivity index (χ1n) is 6.39. The topological polar surface area (TPSA) is 61.4 Å². The molecule has 20 heavy (non-hydrogen) atoms. The summed E-state index contributed by atoms with van der Waals surface area (Å²) in [5.74, 6) is 0.0543. The van der Waals surface area contributed by atoms with Crippen LogP contribution in [0, 0.1) is 5.92 Å². The Balaban J connectivity index is 0.00000147. The largest absolute Gasteiger partial charge is 0.391 e. The van der Waals surface area contributed by atoms with E-state index in [9.17, 15) is 9.90 Å². The Morgan fingerprint density at radius 3 is 2.90 bits per heavy atom. The molecule has 108 valence electrons. The van der Waals surface area contributed by atoms with Gasteiger partial charge in [0, 0.05) is 30.3 Å². The van der Waals surface area contributed by atoms with E-state index in [2.05, 4.69) is 10.6 Å².